The van der Waals surface area contributed by atoms with Gasteiger partial charge in [-0.1, -0.05) is 26.0 Å². The molecule has 0 aliphatic rings. The van der Waals surface area contributed by atoms with Gasteiger partial charge in [-0.15, -0.1) is 11.3 Å². The van der Waals surface area contributed by atoms with Crippen LogP contribution in [0.2, 0.25) is 0 Å². The molecule has 0 saturated heterocycles. The molecule has 0 atom stereocenters. The number of aromatic nitrogens is 3. The summed E-state index contributed by atoms with van der Waals surface area (Å²) >= 11 is 1.44. The van der Waals surface area contributed by atoms with Crippen LogP contribution in [0.1, 0.15) is 25.4 Å². The Hall–Kier alpha value is -3.39. The topological polar surface area (TPSA) is 86.2 Å². The third kappa shape index (κ3) is 4.31. The van der Waals surface area contributed by atoms with Crippen LogP contribution in [0.3, 0.4) is 0 Å². The first-order valence-electron chi connectivity index (χ1n) is 10.3. The molecule has 0 radical (unpaired) electrons. The predicted molar refractivity (Wildman–Crippen MR) is 127 cm³/mol. The molecule has 166 valence electrons. The molecule has 4 aromatic rings. The van der Waals surface area contributed by atoms with Crippen molar-refractivity contribution in [3.8, 4) is 22.6 Å². The maximum Gasteiger partial charge on any atom is 0.263 e. The third-order valence-electron chi connectivity index (χ3n) is 5.10. The van der Waals surface area contributed by atoms with E-state index in [1.807, 2.05) is 43.5 Å². The summed E-state index contributed by atoms with van der Waals surface area (Å²) < 4.78 is 12.5. The minimum absolute atomic E-state index is 0.146. The first-order valence-corrected chi connectivity index (χ1v) is 11.2. The summed E-state index contributed by atoms with van der Waals surface area (Å²) in [7, 11) is 1.61. The number of pyridine rings is 1. The number of aromatic amines is 1. The molecule has 0 amide bonds. The van der Waals surface area contributed by atoms with Gasteiger partial charge in [0.2, 0.25) is 5.43 Å². The van der Waals surface area contributed by atoms with Crippen LogP contribution >= 0.6 is 11.3 Å². The smallest absolute Gasteiger partial charge is 0.263 e. The van der Waals surface area contributed by atoms with Gasteiger partial charge >= 0.3 is 0 Å². The van der Waals surface area contributed by atoms with E-state index in [0.29, 0.717) is 34.3 Å². The van der Waals surface area contributed by atoms with Crippen LogP contribution < -0.4 is 20.5 Å². The number of thiophene rings is 1. The Morgan fingerprint density at radius 2 is 2.03 bits per heavy atom. The molecule has 0 aliphatic carbocycles. The van der Waals surface area contributed by atoms with Crippen LogP contribution in [-0.2, 0) is 6.54 Å². The Morgan fingerprint density at radius 1 is 1.22 bits per heavy atom. The quantitative estimate of drug-likeness (QED) is 0.455. The highest BCUT2D eigenvalue weighted by atomic mass is 32.1. The second-order valence-corrected chi connectivity index (χ2v) is 8.86. The molecule has 8 heteroatoms. The number of H-pyrrole nitrogens is 1. The Kier molecular flexibility index (Phi) is 6.14. The van der Waals surface area contributed by atoms with E-state index < -0.39 is 0 Å². The zero-order valence-corrected chi connectivity index (χ0v) is 19.3. The van der Waals surface area contributed by atoms with Gasteiger partial charge in [-0.05, 0) is 30.5 Å². The molecule has 0 bridgehead atoms. The number of ether oxygens (including phenoxy) is 2. The lowest BCUT2D eigenvalue weighted by atomic mass is 10.1. The summed E-state index contributed by atoms with van der Waals surface area (Å²) in [5.41, 5.74) is 1.96. The normalized spacial score (nSPS) is 11.3. The van der Waals surface area contributed by atoms with E-state index in [2.05, 4.69) is 9.97 Å². The van der Waals surface area contributed by atoms with Crippen LogP contribution in [0.5, 0.6) is 11.5 Å². The molecule has 0 unspecified atom stereocenters. The molecule has 1 aromatic carbocycles. The molecule has 0 saturated carbocycles. The fourth-order valence-electron chi connectivity index (χ4n) is 3.45. The van der Waals surface area contributed by atoms with Gasteiger partial charge in [-0.3, -0.25) is 14.2 Å². The van der Waals surface area contributed by atoms with Gasteiger partial charge in [-0.25, -0.2) is 4.98 Å². The maximum atomic E-state index is 13.5. The van der Waals surface area contributed by atoms with Crippen molar-refractivity contribution in [2.75, 3.05) is 13.7 Å². The number of hydrogen-bond acceptors (Lipinski definition) is 6. The fourth-order valence-corrected chi connectivity index (χ4v) is 4.43. The lowest BCUT2D eigenvalue weighted by Crippen LogP contribution is -2.25. The summed E-state index contributed by atoms with van der Waals surface area (Å²) in [4.78, 5) is 34.3. The van der Waals surface area contributed by atoms with Crippen molar-refractivity contribution in [1.82, 2.24) is 14.5 Å². The van der Waals surface area contributed by atoms with Crippen molar-refractivity contribution in [3.05, 3.63) is 74.0 Å². The van der Waals surface area contributed by atoms with Gasteiger partial charge in [0.15, 0.2) is 5.75 Å². The molecule has 4 rings (SSSR count). The van der Waals surface area contributed by atoms with Gasteiger partial charge < -0.3 is 14.5 Å². The number of benzene rings is 1. The average Bonchev–Trinajstić information content (AvgIpc) is 3.20. The number of methoxy groups -OCH3 is 1. The van der Waals surface area contributed by atoms with E-state index in [9.17, 15) is 9.59 Å². The number of hydrogen-bond donors (Lipinski definition) is 1. The van der Waals surface area contributed by atoms with Gasteiger partial charge in [0.05, 0.1) is 25.6 Å². The summed E-state index contributed by atoms with van der Waals surface area (Å²) in [6.45, 7) is 6.51. The molecule has 0 aliphatic heterocycles. The van der Waals surface area contributed by atoms with Crippen molar-refractivity contribution in [2.45, 2.75) is 27.3 Å². The van der Waals surface area contributed by atoms with Crippen LogP contribution in [0.4, 0.5) is 0 Å². The van der Waals surface area contributed by atoms with Crippen molar-refractivity contribution in [2.24, 2.45) is 5.92 Å². The van der Waals surface area contributed by atoms with Crippen molar-refractivity contribution < 1.29 is 9.47 Å². The standard InChI is InChI=1S/C24H25N3O4S/c1-14(2)12-31-21-10-25-17(9-20(21)28)11-27-15(3)26-23-22(24(27)29)19(13-32-23)16-6-5-7-18(8-16)30-4/h5-10,13-14H,11-12H2,1-4H3,(H,25,28). The molecule has 0 spiro atoms. The van der Waals surface area contributed by atoms with E-state index in [0.717, 1.165) is 16.9 Å². The maximum absolute atomic E-state index is 13.5. The first kappa shape index (κ1) is 21.8. The van der Waals surface area contributed by atoms with Crippen molar-refractivity contribution >= 4 is 21.6 Å². The van der Waals surface area contributed by atoms with E-state index >= 15 is 0 Å². The van der Waals surface area contributed by atoms with E-state index in [1.54, 1.807) is 24.8 Å². The zero-order chi connectivity index (χ0) is 22.8. The summed E-state index contributed by atoms with van der Waals surface area (Å²) in [6.07, 6.45) is 1.55. The third-order valence-corrected chi connectivity index (χ3v) is 5.98. The number of nitrogens with zero attached hydrogens (tertiary/aromatic N) is 2. The highest BCUT2D eigenvalue weighted by molar-refractivity contribution is 7.17. The van der Waals surface area contributed by atoms with Crippen LogP contribution in [0.15, 0.2) is 51.5 Å². The molecule has 3 aromatic heterocycles. The number of aryl methyl sites for hydroxylation is 1. The molecule has 32 heavy (non-hydrogen) atoms. The first-order chi connectivity index (χ1) is 15.4. The Morgan fingerprint density at radius 3 is 2.75 bits per heavy atom. The predicted octanol–water partition coefficient (Wildman–Crippen LogP) is 4.21. The molecule has 0 fully saturated rings. The van der Waals surface area contributed by atoms with E-state index in [-0.39, 0.29) is 23.3 Å². The van der Waals surface area contributed by atoms with Crippen molar-refractivity contribution in [3.63, 3.8) is 0 Å². The Labute approximate surface area is 189 Å². The number of rotatable bonds is 7. The van der Waals surface area contributed by atoms with Crippen LogP contribution in [0.25, 0.3) is 21.3 Å². The summed E-state index contributed by atoms with van der Waals surface area (Å²) in [6, 6.07) is 9.08. The van der Waals surface area contributed by atoms with E-state index in [4.69, 9.17) is 9.47 Å². The molecular formula is C24H25N3O4S. The minimum Gasteiger partial charge on any atom is -0.497 e. The average molecular weight is 452 g/mol. The van der Waals surface area contributed by atoms with Crippen molar-refractivity contribution in [1.29, 1.82) is 0 Å². The SMILES string of the molecule is COc1cccc(-c2csc3nc(C)n(Cc4cc(=O)c(OCC(C)C)c[nH]4)c(=O)c23)c1. The Balaban J connectivity index is 1.73. The molecule has 1 N–H and O–H groups in total. The second-order valence-electron chi connectivity index (χ2n) is 8.00. The van der Waals surface area contributed by atoms with E-state index in [1.165, 1.54) is 17.4 Å². The van der Waals surface area contributed by atoms with Gasteiger partial charge in [0.25, 0.3) is 5.56 Å². The largest absolute Gasteiger partial charge is 0.497 e. The van der Waals surface area contributed by atoms with Gasteiger partial charge in [-0.2, -0.15) is 0 Å². The number of fused-ring (bicyclic) bond motifs is 1. The zero-order valence-electron chi connectivity index (χ0n) is 18.5. The molecular weight excluding hydrogens is 426 g/mol. The van der Waals surface area contributed by atoms with Crippen LogP contribution in [0, 0.1) is 12.8 Å². The number of nitrogens with one attached hydrogen (secondary N) is 1. The summed E-state index contributed by atoms with van der Waals surface area (Å²) in [5, 5.41) is 2.51. The Bertz CT molecular complexity index is 1380. The van der Waals surface area contributed by atoms with Gasteiger partial charge in [0, 0.05) is 28.9 Å². The van der Waals surface area contributed by atoms with Crippen LogP contribution in [-0.4, -0.2) is 28.3 Å². The highest BCUT2D eigenvalue weighted by Crippen LogP contribution is 2.32. The summed E-state index contributed by atoms with van der Waals surface area (Å²) in [5.74, 6) is 1.90. The van der Waals surface area contributed by atoms with Gasteiger partial charge in [0.1, 0.15) is 16.4 Å². The lowest BCUT2D eigenvalue weighted by Gasteiger charge is -2.12. The monoisotopic (exact) mass is 451 g/mol. The second kappa shape index (κ2) is 9.00. The lowest BCUT2D eigenvalue weighted by molar-refractivity contribution is 0.267. The minimum atomic E-state index is -0.216. The highest BCUT2D eigenvalue weighted by Gasteiger charge is 2.16. The molecule has 3 heterocycles. The molecule has 7 nitrogen and oxygen atoms in total. The fraction of sp³-hybridized carbons (Fsp3) is 0.292.